The highest BCUT2D eigenvalue weighted by Gasteiger charge is 2.29. The molecule has 2 atom stereocenters. The standard InChI is InChI=1S/C25H24N2O6/c28-21(23(29)22-19(24(30)31)10-5-12-26-22)11-13-27-25(32)33-14-20-17-8-3-1-6-15(17)16-7-2-4-9-18(16)20/h1-10,12,20-21,23,28-29H,11,13-14H2,(H,27,32)(H,30,31). The fourth-order valence-corrected chi connectivity index (χ4v) is 4.15. The van der Waals surface area contributed by atoms with Crippen molar-refractivity contribution in [2.45, 2.75) is 24.5 Å². The first kappa shape index (κ1) is 22.4. The summed E-state index contributed by atoms with van der Waals surface area (Å²) in [4.78, 5) is 27.4. The van der Waals surface area contributed by atoms with Crippen molar-refractivity contribution >= 4 is 12.1 Å². The van der Waals surface area contributed by atoms with E-state index >= 15 is 0 Å². The van der Waals surface area contributed by atoms with Gasteiger partial charge < -0.3 is 25.4 Å². The molecule has 1 aliphatic rings. The van der Waals surface area contributed by atoms with Crippen molar-refractivity contribution in [1.29, 1.82) is 0 Å². The molecule has 4 rings (SSSR count). The Morgan fingerprint density at radius 2 is 1.61 bits per heavy atom. The van der Waals surface area contributed by atoms with Crippen LogP contribution in [-0.4, -0.2) is 51.6 Å². The van der Waals surface area contributed by atoms with Crippen LogP contribution >= 0.6 is 0 Å². The Labute approximate surface area is 190 Å². The van der Waals surface area contributed by atoms with E-state index in [4.69, 9.17) is 4.74 Å². The topological polar surface area (TPSA) is 129 Å². The summed E-state index contributed by atoms with van der Waals surface area (Å²) in [5.41, 5.74) is 4.17. The highest BCUT2D eigenvalue weighted by molar-refractivity contribution is 5.88. The monoisotopic (exact) mass is 448 g/mol. The van der Waals surface area contributed by atoms with Gasteiger partial charge in [0.1, 0.15) is 12.7 Å². The van der Waals surface area contributed by atoms with Gasteiger partial charge in [0, 0.05) is 18.7 Å². The number of carbonyl (C=O) groups excluding carboxylic acids is 1. The van der Waals surface area contributed by atoms with E-state index in [1.54, 1.807) is 0 Å². The van der Waals surface area contributed by atoms with E-state index in [1.807, 2.05) is 36.4 Å². The highest BCUT2D eigenvalue weighted by atomic mass is 16.5. The van der Waals surface area contributed by atoms with Crippen LogP contribution in [0.3, 0.4) is 0 Å². The second kappa shape index (κ2) is 9.81. The Morgan fingerprint density at radius 3 is 2.24 bits per heavy atom. The molecule has 0 aliphatic heterocycles. The summed E-state index contributed by atoms with van der Waals surface area (Å²) in [5, 5.41) is 32.3. The summed E-state index contributed by atoms with van der Waals surface area (Å²) in [5.74, 6) is -1.31. The molecular formula is C25H24N2O6. The van der Waals surface area contributed by atoms with E-state index in [9.17, 15) is 24.9 Å². The van der Waals surface area contributed by atoms with Crippen LogP contribution in [0.2, 0.25) is 0 Å². The first-order valence-electron chi connectivity index (χ1n) is 10.6. The van der Waals surface area contributed by atoms with Crippen LogP contribution in [0, 0.1) is 0 Å². The molecule has 0 spiro atoms. The number of nitrogens with zero attached hydrogens (tertiary/aromatic N) is 1. The molecule has 170 valence electrons. The summed E-state index contributed by atoms with van der Waals surface area (Å²) in [7, 11) is 0. The van der Waals surface area contributed by atoms with Gasteiger partial charge in [-0.1, -0.05) is 48.5 Å². The number of alkyl carbamates (subject to hydrolysis) is 1. The van der Waals surface area contributed by atoms with Crippen molar-refractivity contribution in [2.24, 2.45) is 0 Å². The number of aliphatic hydroxyl groups excluding tert-OH is 2. The number of carbonyl (C=O) groups is 2. The van der Waals surface area contributed by atoms with Crippen molar-refractivity contribution in [1.82, 2.24) is 10.3 Å². The third-order valence-corrected chi connectivity index (χ3v) is 5.77. The number of benzene rings is 2. The molecule has 2 unspecified atom stereocenters. The number of rotatable bonds is 8. The van der Waals surface area contributed by atoms with Gasteiger partial charge in [-0.15, -0.1) is 0 Å². The van der Waals surface area contributed by atoms with Crippen LogP contribution in [0.15, 0.2) is 66.9 Å². The first-order valence-corrected chi connectivity index (χ1v) is 10.6. The summed E-state index contributed by atoms with van der Waals surface area (Å²) >= 11 is 0. The lowest BCUT2D eigenvalue weighted by Crippen LogP contribution is -2.31. The Bertz CT molecular complexity index is 1120. The molecule has 2 aromatic carbocycles. The van der Waals surface area contributed by atoms with Crippen molar-refractivity contribution in [2.75, 3.05) is 13.2 Å². The lowest BCUT2D eigenvalue weighted by molar-refractivity contribution is 0.0102. The van der Waals surface area contributed by atoms with Gasteiger partial charge in [0.25, 0.3) is 0 Å². The average Bonchev–Trinajstić information content (AvgIpc) is 3.16. The maximum absolute atomic E-state index is 12.2. The number of pyridine rings is 1. The molecule has 1 amide bonds. The van der Waals surface area contributed by atoms with Gasteiger partial charge >= 0.3 is 12.1 Å². The third-order valence-electron chi connectivity index (χ3n) is 5.77. The van der Waals surface area contributed by atoms with Crippen LogP contribution < -0.4 is 5.32 Å². The zero-order chi connectivity index (χ0) is 23.4. The SMILES string of the molecule is O=C(NCCC(O)C(O)c1ncccc1C(=O)O)OCC1c2ccccc2-c2ccccc21. The number of ether oxygens (including phenoxy) is 1. The second-order valence-corrected chi connectivity index (χ2v) is 7.79. The quantitative estimate of drug-likeness (QED) is 0.417. The van der Waals surface area contributed by atoms with Gasteiger partial charge in [-0.3, -0.25) is 4.98 Å². The second-order valence-electron chi connectivity index (χ2n) is 7.79. The minimum absolute atomic E-state index is 0.0129. The van der Waals surface area contributed by atoms with E-state index < -0.39 is 24.3 Å². The molecule has 8 nitrogen and oxygen atoms in total. The number of aliphatic hydroxyl groups is 2. The molecule has 0 radical (unpaired) electrons. The molecule has 0 fully saturated rings. The van der Waals surface area contributed by atoms with E-state index in [2.05, 4.69) is 22.4 Å². The fraction of sp³-hybridized carbons (Fsp3) is 0.240. The Hall–Kier alpha value is -3.75. The number of hydrogen-bond acceptors (Lipinski definition) is 6. The fourth-order valence-electron chi connectivity index (χ4n) is 4.15. The van der Waals surface area contributed by atoms with Crippen molar-refractivity contribution in [3.63, 3.8) is 0 Å². The van der Waals surface area contributed by atoms with E-state index in [0.29, 0.717) is 0 Å². The smallest absolute Gasteiger partial charge is 0.407 e. The molecule has 0 saturated heterocycles. The molecule has 1 heterocycles. The number of carboxylic acid groups (broad SMARTS) is 1. The van der Waals surface area contributed by atoms with Gasteiger partial charge in [-0.05, 0) is 40.8 Å². The number of aromatic carboxylic acids is 1. The van der Waals surface area contributed by atoms with E-state index in [-0.39, 0.29) is 36.7 Å². The molecular weight excluding hydrogens is 424 g/mol. The molecule has 1 aromatic heterocycles. The van der Waals surface area contributed by atoms with Crippen molar-refractivity contribution in [3.05, 3.63) is 89.2 Å². The number of carboxylic acids is 1. The van der Waals surface area contributed by atoms with Crippen LogP contribution in [0.1, 0.15) is 45.6 Å². The molecule has 8 heteroatoms. The minimum Gasteiger partial charge on any atom is -0.478 e. The number of nitrogens with one attached hydrogen (secondary N) is 1. The average molecular weight is 448 g/mol. The van der Waals surface area contributed by atoms with Gasteiger partial charge in [-0.2, -0.15) is 0 Å². The first-order chi connectivity index (χ1) is 16.0. The van der Waals surface area contributed by atoms with E-state index in [1.165, 1.54) is 18.3 Å². The molecule has 0 saturated carbocycles. The number of amides is 1. The molecule has 4 N–H and O–H groups in total. The molecule has 33 heavy (non-hydrogen) atoms. The Kier molecular flexibility index (Phi) is 6.67. The van der Waals surface area contributed by atoms with Crippen LogP contribution in [0.4, 0.5) is 4.79 Å². The van der Waals surface area contributed by atoms with Crippen LogP contribution in [0.5, 0.6) is 0 Å². The van der Waals surface area contributed by atoms with Crippen molar-refractivity contribution < 1.29 is 29.6 Å². The maximum Gasteiger partial charge on any atom is 0.407 e. The van der Waals surface area contributed by atoms with Gasteiger partial charge in [0.05, 0.1) is 17.4 Å². The zero-order valence-electron chi connectivity index (χ0n) is 17.7. The summed E-state index contributed by atoms with van der Waals surface area (Å²) < 4.78 is 5.43. The Balaban J connectivity index is 1.30. The van der Waals surface area contributed by atoms with Gasteiger partial charge in [0.15, 0.2) is 0 Å². The summed E-state index contributed by atoms with van der Waals surface area (Å²) in [6, 6.07) is 18.8. The number of hydrogen-bond donors (Lipinski definition) is 4. The van der Waals surface area contributed by atoms with Crippen LogP contribution in [0.25, 0.3) is 11.1 Å². The minimum atomic E-state index is -1.50. The maximum atomic E-state index is 12.2. The molecule has 3 aromatic rings. The van der Waals surface area contributed by atoms with E-state index in [0.717, 1.165) is 22.3 Å². The van der Waals surface area contributed by atoms with Crippen LogP contribution in [-0.2, 0) is 4.74 Å². The molecule has 1 aliphatic carbocycles. The molecule has 0 bridgehead atoms. The largest absolute Gasteiger partial charge is 0.478 e. The number of fused-ring (bicyclic) bond motifs is 3. The zero-order valence-corrected chi connectivity index (χ0v) is 17.7. The summed E-state index contributed by atoms with van der Waals surface area (Å²) in [6.07, 6.45) is -2.12. The highest BCUT2D eigenvalue weighted by Crippen LogP contribution is 2.44. The summed E-state index contributed by atoms with van der Waals surface area (Å²) in [6.45, 7) is 0.199. The predicted octanol–water partition coefficient (Wildman–Crippen LogP) is 3.10. The third kappa shape index (κ3) is 4.72. The van der Waals surface area contributed by atoms with Gasteiger partial charge in [-0.25, -0.2) is 9.59 Å². The normalized spacial score (nSPS) is 14.1. The van der Waals surface area contributed by atoms with Gasteiger partial charge in [0.2, 0.25) is 0 Å². The number of aromatic nitrogens is 1. The predicted molar refractivity (Wildman–Crippen MR) is 120 cm³/mol. The van der Waals surface area contributed by atoms with Crippen molar-refractivity contribution in [3.8, 4) is 11.1 Å². The Morgan fingerprint density at radius 1 is 0.970 bits per heavy atom. The lowest BCUT2D eigenvalue weighted by atomic mass is 9.98. The lowest BCUT2D eigenvalue weighted by Gasteiger charge is -2.19.